The number of guanidine groups is 1. The summed E-state index contributed by atoms with van der Waals surface area (Å²) in [6.07, 6.45) is 7.04. The van der Waals surface area contributed by atoms with Crippen molar-refractivity contribution in [3.63, 3.8) is 0 Å². The first-order chi connectivity index (χ1) is 8.25. The number of nitrogens with one attached hydrogen (secondary N) is 1. The van der Waals surface area contributed by atoms with Crippen molar-refractivity contribution < 1.29 is 4.79 Å². The van der Waals surface area contributed by atoms with Crippen molar-refractivity contribution in [1.29, 1.82) is 0 Å². The van der Waals surface area contributed by atoms with Gasteiger partial charge < -0.3 is 16.0 Å². The number of amides is 1. The number of carbonyl (C=O) groups excluding carboxylic acids is 1. The van der Waals surface area contributed by atoms with Crippen LogP contribution >= 0.6 is 0 Å². The largest absolute Gasteiger partial charge is 0.370 e. The Hall–Kier alpha value is -1.26. The van der Waals surface area contributed by atoms with Crippen LogP contribution in [0.5, 0.6) is 0 Å². The van der Waals surface area contributed by atoms with E-state index in [4.69, 9.17) is 5.73 Å². The molecule has 1 saturated heterocycles. The van der Waals surface area contributed by atoms with Crippen LogP contribution in [0.3, 0.4) is 0 Å². The van der Waals surface area contributed by atoms with Gasteiger partial charge in [-0.1, -0.05) is 19.3 Å². The maximum absolute atomic E-state index is 11.4. The molecule has 1 saturated carbocycles. The maximum atomic E-state index is 11.4. The lowest BCUT2D eigenvalue weighted by Crippen LogP contribution is -2.42. The van der Waals surface area contributed by atoms with Crippen LogP contribution in [0.25, 0.3) is 0 Å². The first kappa shape index (κ1) is 12.2. The fraction of sp³-hybridized carbons (Fsp3) is 0.833. The minimum Gasteiger partial charge on any atom is -0.370 e. The quantitative estimate of drug-likeness (QED) is 0.515. The lowest BCUT2D eigenvalue weighted by Gasteiger charge is -2.23. The number of nitrogens with two attached hydrogens (primary N) is 1. The highest BCUT2D eigenvalue weighted by molar-refractivity contribution is 5.86. The molecule has 0 spiro atoms. The second kappa shape index (κ2) is 5.89. The Morgan fingerprint density at radius 3 is 2.82 bits per heavy atom. The van der Waals surface area contributed by atoms with Crippen LogP contribution in [0.15, 0.2) is 4.99 Å². The maximum Gasteiger partial charge on any atom is 0.239 e. The van der Waals surface area contributed by atoms with Gasteiger partial charge in [-0.15, -0.1) is 0 Å². The van der Waals surface area contributed by atoms with Crippen molar-refractivity contribution in [2.45, 2.75) is 44.6 Å². The van der Waals surface area contributed by atoms with Gasteiger partial charge in [0.25, 0.3) is 0 Å². The summed E-state index contributed by atoms with van der Waals surface area (Å²) in [6.45, 7) is 1.91. The van der Waals surface area contributed by atoms with Gasteiger partial charge in [0.05, 0.1) is 12.6 Å². The molecule has 2 aliphatic rings. The number of carbonyl (C=O) groups is 1. The van der Waals surface area contributed by atoms with Crippen molar-refractivity contribution in [2.75, 3.05) is 19.6 Å². The van der Waals surface area contributed by atoms with Crippen molar-refractivity contribution >= 4 is 11.9 Å². The Bertz CT molecular complexity index is 297. The van der Waals surface area contributed by atoms with E-state index in [1.54, 1.807) is 0 Å². The number of hydrogen-bond acceptors (Lipinski definition) is 2. The van der Waals surface area contributed by atoms with Gasteiger partial charge in [0.15, 0.2) is 5.96 Å². The second-order valence-corrected chi connectivity index (χ2v) is 4.90. The molecule has 2 rings (SSSR count). The molecule has 17 heavy (non-hydrogen) atoms. The summed E-state index contributed by atoms with van der Waals surface area (Å²) in [4.78, 5) is 17.9. The molecule has 0 aromatic heterocycles. The van der Waals surface area contributed by atoms with Crippen molar-refractivity contribution in [3.05, 3.63) is 0 Å². The van der Waals surface area contributed by atoms with Gasteiger partial charge in [0.1, 0.15) is 0 Å². The molecule has 1 amide bonds. The van der Waals surface area contributed by atoms with Crippen LogP contribution in [-0.4, -0.2) is 42.4 Å². The fourth-order valence-corrected chi connectivity index (χ4v) is 2.48. The summed E-state index contributed by atoms with van der Waals surface area (Å²) in [5, 5.41) is 2.84. The first-order valence-electron chi connectivity index (χ1n) is 6.60. The topological polar surface area (TPSA) is 70.7 Å². The van der Waals surface area contributed by atoms with Crippen LogP contribution < -0.4 is 11.1 Å². The Labute approximate surface area is 102 Å². The van der Waals surface area contributed by atoms with Crippen LogP contribution in [0.4, 0.5) is 0 Å². The summed E-state index contributed by atoms with van der Waals surface area (Å²) in [6, 6.07) is 0.370. The highest BCUT2D eigenvalue weighted by atomic mass is 16.2. The first-order valence-corrected chi connectivity index (χ1v) is 6.60. The van der Waals surface area contributed by atoms with E-state index in [0.29, 0.717) is 18.5 Å². The summed E-state index contributed by atoms with van der Waals surface area (Å²) in [7, 11) is 0. The number of aliphatic imine (C=N–C) groups is 1. The SMILES string of the molecule is NC(=NC1CCCCC1)N1CCCNC(=O)C1. The predicted octanol–water partition coefficient (Wildman–Crippen LogP) is 0.456. The molecule has 0 aromatic carbocycles. The van der Waals surface area contributed by atoms with Crippen molar-refractivity contribution in [2.24, 2.45) is 10.7 Å². The van der Waals surface area contributed by atoms with Crippen LogP contribution in [0, 0.1) is 0 Å². The van der Waals surface area contributed by atoms with Gasteiger partial charge in [-0.05, 0) is 19.3 Å². The molecule has 0 aromatic rings. The highest BCUT2D eigenvalue weighted by Gasteiger charge is 2.18. The van der Waals surface area contributed by atoms with Gasteiger partial charge in [-0.25, -0.2) is 4.99 Å². The Morgan fingerprint density at radius 2 is 2.06 bits per heavy atom. The van der Waals surface area contributed by atoms with E-state index in [9.17, 15) is 4.79 Å². The summed E-state index contributed by atoms with van der Waals surface area (Å²) in [5.74, 6) is 0.596. The highest BCUT2D eigenvalue weighted by Crippen LogP contribution is 2.20. The fourth-order valence-electron chi connectivity index (χ4n) is 2.48. The summed E-state index contributed by atoms with van der Waals surface area (Å²) >= 11 is 0. The van der Waals surface area contributed by atoms with Gasteiger partial charge in [0, 0.05) is 13.1 Å². The lowest BCUT2D eigenvalue weighted by molar-refractivity contribution is -0.120. The molecule has 3 N–H and O–H groups in total. The number of nitrogens with zero attached hydrogens (tertiary/aromatic N) is 2. The molecule has 1 aliphatic carbocycles. The molecule has 0 unspecified atom stereocenters. The Morgan fingerprint density at radius 1 is 1.29 bits per heavy atom. The predicted molar refractivity (Wildman–Crippen MR) is 67.7 cm³/mol. The van der Waals surface area contributed by atoms with Crippen LogP contribution in [-0.2, 0) is 4.79 Å². The third kappa shape index (κ3) is 3.61. The van der Waals surface area contributed by atoms with E-state index in [1.165, 1.54) is 19.3 Å². The van der Waals surface area contributed by atoms with Gasteiger partial charge in [-0.2, -0.15) is 0 Å². The molecule has 96 valence electrons. The van der Waals surface area contributed by atoms with E-state index in [0.717, 1.165) is 32.4 Å². The minimum absolute atomic E-state index is 0.0456. The van der Waals surface area contributed by atoms with E-state index in [2.05, 4.69) is 10.3 Å². The second-order valence-electron chi connectivity index (χ2n) is 4.90. The van der Waals surface area contributed by atoms with Gasteiger partial charge in [-0.3, -0.25) is 4.79 Å². The smallest absolute Gasteiger partial charge is 0.239 e. The van der Waals surface area contributed by atoms with Crippen LogP contribution in [0.1, 0.15) is 38.5 Å². The van der Waals surface area contributed by atoms with Gasteiger partial charge in [0.2, 0.25) is 5.91 Å². The van der Waals surface area contributed by atoms with Crippen molar-refractivity contribution in [1.82, 2.24) is 10.2 Å². The zero-order valence-electron chi connectivity index (χ0n) is 10.3. The third-order valence-corrected chi connectivity index (χ3v) is 3.47. The monoisotopic (exact) mass is 238 g/mol. The van der Waals surface area contributed by atoms with Gasteiger partial charge >= 0.3 is 0 Å². The van der Waals surface area contributed by atoms with E-state index in [-0.39, 0.29) is 5.91 Å². The third-order valence-electron chi connectivity index (χ3n) is 3.47. The van der Waals surface area contributed by atoms with E-state index >= 15 is 0 Å². The van der Waals surface area contributed by atoms with E-state index in [1.807, 2.05) is 4.90 Å². The molecule has 1 heterocycles. The average Bonchev–Trinajstić information content (AvgIpc) is 2.55. The molecular weight excluding hydrogens is 216 g/mol. The minimum atomic E-state index is 0.0456. The molecule has 0 bridgehead atoms. The normalized spacial score (nSPS) is 24.4. The molecule has 5 heteroatoms. The molecule has 2 fully saturated rings. The number of hydrogen-bond donors (Lipinski definition) is 2. The zero-order valence-corrected chi connectivity index (χ0v) is 10.3. The molecule has 0 atom stereocenters. The summed E-state index contributed by atoms with van der Waals surface area (Å²) in [5.41, 5.74) is 6.01. The average molecular weight is 238 g/mol. The number of rotatable bonds is 1. The molecule has 0 radical (unpaired) electrons. The summed E-state index contributed by atoms with van der Waals surface area (Å²) < 4.78 is 0. The molecule has 1 aliphatic heterocycles. The van der Waals surface area contributed by atoms with Crippen LogP contribution in [0.2, 0.25) is 0 Å². The standard InChI is InChI=1S/C12H22N4O/c13-12(15-10-5-2-1-3-6-10)16-8-4-7-14-11(17)9-16/h10H,1-9H2,(H2,13,15)(H,14,17). The molecular formula is C12H22N4O. The molecule has 5 nitrogen and oxygen atoms in total. The van der Waals surface area contributed by atoms with Crippen molar-refractivity contribution in [3.8, 4) is 0 Å². The van der Waals surface area contributed by atoms with E-state index < -0.39 is 0 Å². The Balaban J connectivity index is 1.94. The lowest BCUT2D eigenvalue weighted by atomic mass is 9.96. The zero-order chi connectivity index (χ0) is 12.1. The Kier molecular flexibility index (Phi) is 4.23.